The van der Waals surface area contributed by atoms with Gasteiger partial charge in [0.05, 0.1) is 43.2 Å². The van der Waals surface area contributed by atoms with Crippen molar-refractivity contribution in [3.63, 3.8) is 0 Å². The summed E-state index contributed by atoms with van der Waals surface area (Å²) < 4.78 is 30.9. The summed E-state index contributed by atoms with van der Waals surface area (Å²) in [4.78, 5) is 12.1. The lowest BCUT2D eigenvalue weighted by molar-refractivity contribution is -0.339. The molecule has 2 spiro atoms. The van der Waals surface area contributed by atoms with Gasteiger partial charge < -0.3 is 69.6 Å². The minimum Gasteiger partial charge on any atom is -0.454 e. The first kappa shape index (κ1) is 45.0. The van der Waals surface area contributed by atoms with Crippen LogP contribution in [0.1, 0.15) is 113 Å². The Morgan fingerprint density at radius 3 is 2.19 bits per heavy atom. The third-order valence-corrected chi connectivity index (χ3v) is 17.5. The van der Waals surface area contributed by atoms with E-state index in [9.17, 15) is 50.8 Å². The van der Waals surface area contributed by atoms with E-state index in [1.165, 1.54) is 6.92 Å². The molecule has 0 aromatic rings. The molecule has 0 bridgehead atoms. The molecule has 5 aliphatic carbocycles. The van der Waals surface area contributed by atoms with E-state index in [1.54, 1.807) is 13.8 Å². The van der Waals surface area contributed by atoms with E-state index in [2.05, 4.69) is 34.6 Å². The minimum atomic E-state index is -1.62. The summed E-state index contributed by atoms with van der Waals surface area (Å²) in [5, 5.41) is 97.2. The topological polar surface area (TPSA) is 245 Å². The molecule has 21 unspecified atom stereocenters. The van der Waals surface area contributed by atoms with Crippen molar-refractivity contribution in [1.82, 2.24) is 0 Å². The molecule has 2 saturated heterocycles. The SMILES string of the molecule is CC(=O)OC1C(OC2CCC34CC35CCC3(C)C(C(C)CCC(O)C(C)(C)O)C(O)CC3(C)C5CC(OC3OC(CO)C(O)C(O)C3O)C4C2(C)C)OCC(O)C1O. The van der Waals surface area contributed by atoms with E-state index in [0.717, 1.165) is 25.7 Å². The molecule has 0 aromatic heterocycles. The molecule has 15 heteroatoms. The fourth-order valence-electron chi connectivity index (χ4n) is 14.5. The third kappa shape index (κ3) is 6.84. The number of esters is 1. The van der Waals surface area contributed by atoms with Crippen LogP contribution in [0.3, 0.4) is 0 Å². The second kappa shape index (κ2) is 15.3. The predicted octanol–water partition coefficient (Wildman–Crippen LogP) is 1.13. The molecular formula is C43H72O15. The average molecular weight is 829 g/mol. The van der Waals surface area contributed by atoms with Crippen LogP contribution in [0.2, 0.25) is 0 Å². The molecule has 0 radical (unpaired) electrons. The molecule has 21 atom stereocenters. The summed E-state index contributed by atoms with van der Waals surface area (Å²) in [5.41, 5.74) is -2.78. The highest BCUT2D eigenvalue weighted by atomic mass is 16.7. The lowest BCUT2D eigenvalue weighted by atomic mass is 9.41. The first-order valence-corrected chi connectivity index (χ1v) is 21.7. The fraction of sp³-hybridized carbons (Fsp3) is 0.977. The van der Waals surface area contributed by atoms with E-state index in [-0.39, 0.29) is 51.9 Å². The van der Waals surface area contributed by atoms with Crippen LogP contribution >= 0.6 is 0 Å². The number of aliphatic hydroxyl groups is 9. The highest BCUT2D eigenvalue weighted by Crippen LogP contribution is 2.89. The normalized spacial score (nSPS) is 52.1. The molecule has 7 aliphatic rings. The number of rotatable bonds is 11. The van der Waals surface area contributed by atoms with Crippen molar-refractivity contribution in [3.8, 4) is 0 Å². The molecule has 9 N–H and O–H groups in total. The van der Waals surface area contributed by atoms with Gasteiger partial charge in [-0.2, -0.15) is 0 Å². The fourth-order valence-corrected chi connectivity index (χ4v) is 14.5. The van der Waals surface area contributed by atoms with Gasteiger partial charge in [0.15, 0.2) is 18.7 Å². The summed E-state index contributed by atoms with van der Waals surface area (Å²) in [7, 11) is 0. The maximum Gasteiger partial charge on any atom is 0.303 e. The van der Waals surface area contributed by atoms with Gasteiger partial charge in [-0.05, 0) is 122 Å². The largest absolute Gasteiger partial charge is 0.454 e. The first-order chi connectivity index (χ1) is 26.9. The monoisotopic (exact) mass is 828 g/mol. The number of ether oxygens (including phenoxy) is 5. The number of hydrogen-bond acceptors (Lipinski definition) is 15. The van der Waals surface area contributed by atoms with E-state index < -0.39 is 103 Å². The Bertz CT molecular complexity index is 1500. The van der Waals surface area contributed by atoms with Crippen LogP contribution in [0.25, 0.3) is 0 Å². The maximum atomic E-state index is 12.1. The Morgan fingerprint density at radius 1 is 0.862 bits per heavy atom. The van der Waals surface area contributed by atoms with Gasteiger partial charge in [-0.25, -0.2) is 0 Å². The van der Waals surface area contributed by atoms with Gasteiger partial charge in [0, 0.05) is 6.92 Å². The van der Waals surface area contributed by atoms with Crippen LogP contribution in [-0.4, -0.2) is 150 Å². The first-order valence-electron chi connectivity index (χ1n) is 21.7. The lowest BCUT2D eigenvalue weighted by Gasteiger charge is -2.65. The van der Waals surface area contributed by atoms with Crippen molar-refractivity contribution in [2.24, 2.45) is 50.7 Å². The van der Waals surface area contributed by atoms with Crippen LogP contribution in [-0.2, 0) is 28.5 Å². The van der Waals surface area contributed by atoms with Crippen LogP contribution < -0.4 is 0 Å². The molecule has 2 aliphatic heterocycles. The van der Waals surface area contributed by atoms with Crippen LogP contribution in [0.5, 0.6) is 0 Å². The molecule has 5 saturated carbocycles. The highest BCUT2D eigenvalue weighted by Gasteiger charge is 2.84. The number of carbonyl (C=O) groups is 1. The predicted molar refractivity (Wildman–Crippen MR) is 205 cm³/mol. The quantitative estimate of drug-likeness (QED) is 0.105. The lowest BCUT2D eigenvalue weighted by Crippen LogP contribution is -2.65. The van der Waals surface area contributed by atoms with Crippen molar-refractivity contribution in [2.75, 3.05) is 13.2 Å². The van der Waals surface area contributed by atoms with E-state index in [4.69, 9.17) is 23.7 Å². The molecule has 58 heavy (non-hydrogen) atoms. The second-order valence-electron chi connectivity index (χ2n) is 21.3. The molecule has 2 heterocycles. The summed E-state index contributed by atoms with van der Waals surface area (Å²) in [6.45, 7) is 14.7. The average Bonchev–Trinajstić information content (AvgIpc) is 3.73. The van der Waals surface area contributed by atoms with Gasteiger partial charge >= 0.3 is 5.97 Å². The van der Waals surface area contributed by atoms with Crippen molar-refractivity contribution in [2.45, 2.75) is 199 Å². The summed E-state index contributed by atoms with van der Waals surface area (Å²) >= 11 is 0. The Hall–Kier alpha value is -1.05. The Morgan fingerprint density at radius 2 is 1.55 bits per heavy atom. The van der Waals surface area contributed by atoms with E-state index in [0.29, 0.717) is 32.1 Å². The molecule has 15 nitrogen and oxygen atoms in total. The minimum absolute atomic E-state index is 0.0452. The van der Waals surface area contributed by atoms with Crippen LogP contribution in [0.15, 0.2) is 0 Å². The van der Waals surface area contributed by atoms with Gasteiger partial charge in [-0.1, -0.05) is 34.6 Å². The van der Waals surface area contributed by atoms with Crippen molar-refractivity contribution < 1.29 is 74.4 Å². The maximum absolute atomic E-state index is 12.1. The molecule has 0 aromatic carbocycles. The van der Waals surface area contributed by atoms with Crippen molar-refractivity contribution >= 4 is 5.97 Å². The standard InChI is InChI=1S/C43H72O15/c1-20(9-10-27(48)39(5,6)53)29-22(46)16-41(8)26-15-24(56-36-33(52)32(51)31(50)25(17-44)57-36)35-38(3,4)28(11-12-43(35)19-42(26,43)14-13-40(29,41)7)58-37-34(55-21(2)45)30(49)23(47)18-54-37/h20,22-37,44,46-53H,9-19H2,1-8H3. The Labute approximate surface area is 342 Å². The van der Waals surface area contributed by atoms with Gasteiger partial charge in [-0.3, -0.25) is 4.79 Å². The summed E-state index contributed by atoms with van der Waals surface area (Å²) in [6, 6.07) is 0. The van der Waals surface area contributed by atoms with E-state index in [1.807, 2.05) is 0 Å². The number of aliphatic hydroxyl groups excluding tert-OH is 8. The number of fused-ring (bicyclic) bond motifs is 2. The van der Waals surface area contributed by atoms with Crippen LogP contribution in [0, 0.1) is 50.7 Å². The molecular weight excluding hydrogens is 756 g/mol. The zero-order valence-electron chi connectivity index (χ0n) is 35.6. The molecule has 0 amide bonds. The zero-order valence-corrected chi connectivity index (χ0v) is 35.6. The number of carbonyl (C=O) groups excluding carboxylic acids is 1. The Balaban J connectivity index is 1.22. The van der Waals surface area contributed by atoms with Crippen molar-refractivity contribution in [1.29, 1.82) is 0 Å². The summed E-state index contributed by atoms with van der Waals surface area (Å²) in [6.07, 6.45) is -8.50. The van der Waals surface area contributed by atoms with Gasteiger partial charge in [-0.15, -0.1) is 0 Å². The van der Waals surface area contributed by atoms with Gasteiger partial charge in [0.2, 0.25) is 0 Å². The zero-order chi connectivity index (χ0) is 42.7. The van der Waals surface area contributed by atoms with Crippen molar-refractivity contribution in [3.05, 3.63) is 0 Å². The van der Waals surface area contributed by atoms with Gasteiger partial charge in [0.1, 0.15) is 36.6 Å². The second-order valence-corrected chi connectivity index (χ2v) is 21.3. The smallest absolute Gasteiger partial charge is 0.303 e. The molecule has 7 rings (SSSR count). The van der Waals surface area contributed by atoms with Crippen LogP contribution in [0.4, 0.5) is 0 Å². The third-order valence-electron chi connectivity index (χ3n) is 17.5. The van der Waals surface area contributed by atoms with E-state index >= 15 is 0 Å². The highest BCUT2D eigenvalue weighted by molar-refractivity contribution is 5.66. The molecule has 7 fully saturated rings. The summed E-state index contributed by atoms with van der Waals surface area (Å²) in [5.74, 6) is -0.718. The Kier molecular flexibility index (Phi) is 11.9. The number of hydrogen-bond donors (Lipinski definition) is 9. The molecule has 334 valence electrons. The van der Waals surface area contributed by atoms with Gasteiger partial charge in [0.25, 0.3) is 0 Å².